The van der Waals surface area contributed by atoms with Crippen LogP contribution in [-0.2, 0) is 6.42 Å². The number of piperidine rings is 1. The molecule has 2 aliphatic heterocycles. The van der Waals surface area contributed by atoms with Gasteiger partial charge >= 0.3 is 0 Å². The van der Waals surface area contributed by atoms with Crippen molar-refractivity contribution in [2.75, 3.05) is 11.9 Å². The minimum absolute atomic E-state index is 0.0651. The van der Waals surface area contributed by atoms with E-state index in [1.165, 1.54) is 10.5 Å². The van der Waals surface area contributed by atoms with Crippen molar-refractivity contribution in [1.82, 2.24) is 20.8 Å². The maximum Gasteiger partial charge on any atom is 0.151 e. The van der Waals surface area contributed by atoms with E-state index in [9.17, 15) is 5.11 Å². The van der Waals surface area contributed by atoms with Gasteiger partial charge in [0.05, 0.1) is 11.4 Å². The van der Waals surface area contributed by atoms with Gasteiger partial charge in [0.25, 0.3) is 0 Å². The van der Waals surface area contributed by atoms with Crippen molar-refractivity contribution < 1.29 is 5.11 Å². The number of aromatic nitrogens is 2. The summed E-state index contributed by atoms with van der Waals surface area (Å²) in [6, 6.07) is 8.18. The lowest BCUT2D eigenvalue weighted by Crippen LogP contribution is -2.62. The summed E-state index contributed by atoms with van der Waals surface area (Å²) >= 11 is 1.65. The summed E-state index contributed by atoms with van der Waals surface area (Å²) in [5, 5.41) is 26.8. The first kappa shape index (κ1) is 21.6. The minimum Gasteiger partial charge on any atom is -0.507 e. The summed E-state index contributed by atoms with van der Waals surface area (Å²) in [4.78, 5) is 3.48. The number of allylic oxidation sites excluding steroid dienone is 1. The van der Waals surface area contributed by atoms with Gasteiger partial charge in [-0.05, 0) is 70.4 Å². The van der Waals surface area contributed by atoms with E-state index < -0.39 is 0 Å². The van der Waals surface area contributed by atoms with Crippen molar-refractivity contribution in [2.24, 2.45) is 5.73 Å². The molecule has 170 valence electrons. The molecule has 0 radical (unpaired) electrons. The minimum atomic E-state index is -0.110. The smallest absolute Gasteiger partial charge is 0.151 e. The number of aromatic hydroxyl groups is 1. The van der Waals surface area contributed by atoms with Crippen LogP contribution in [0.1, 0.15) is 51.7 Å². The van der Waals surface area contributed by atoms with Gasteiger partial charge in [-0.25, -0.2) is 0 Å². The standard InChI is InChI=1S/C24H32N6OS/c1-23(2)11-14(12-24(3,4)29-23)30(5)20-7-6-17(27-28-20)16-8-13-9-19-21(26-22(25)32-19)15(13)10-18(16)31/h6-8,10,14,22,26,29,31H,9,11-12,25H2,1-5H3. The Bertz CT molecular complexity index is 1080. The second-order valence-corrected chi connectivity index (χ2v) is 11.8. The first-order valence-electron chi connectivity index (χ1n) is 11.2. The molecule has 0 amide bonds. The molecule has 1 fully saturated rings. The Morgan fingerprint density at radius 1 is 1.09 bits per heavy atom. The fraction of sp³-hybridized carbons (Fsp3) is 0.500. The highest BCUT2D eigenvalue weighted by Gasteiger charge is 2.39. The number of nitrogens with one attached hydrogen (secondary N) is 2. The molecule has 0 saturated carbocycles. The van der Waals surface area contributed by atoms with Gasteiger partial charge in [0.2, 0.25) is 0 Å². The number of phenols is 1. The predicted octanol–water partition coefficient (Wildman–Crippen LogP) is 3.40. The largest absolute Gasteiger partial charge is 0.507 e. The van der Waals surface area contributed by atoms with Crippen molar-refractivity contribution in [2.45, 2.75) is 69.6 Å². The Morgan fingerprint density at radius 3 is 2.47 bits per heavy atom. The number of hydrogen-bond donors (Lipinski definition) is 4. The first-order chi connectivity index (χ1) is 15.0. The highest BCUT2D eigenvalue weighted by molar-refractivity contribution is 8.04. The Hall–Kier alpha value is -2.29. The fourth-order valence-corrected chi connectivity index (χ4v) is 6.61. The summed E-state index contributed by atoms with van der Waals surface area (Å²) in [5.41, 5.74) is 10.7. The molecule has 1 aromatic heterocycles. The number of hydrogen-bond acceptors (Lipinski definition) is 8. The molecule has 32 heavy (non-hydrogen) atoms. The molecule has 8 heteroatoms. The van der Waals surface area contributed by atoms with Crippen LogP contribution in [0.25, 0.3) is 17.0 Å². The highest BCUT2D eigenvalue weighted by Crippen LogP contribution is 2.45. The lowest BCUT2D eigenvalue weighted by Gasteiger charge is -2.49. The van der Waals surface area contributed by atoms with Crippen molar-refractivity contribution in [1.29, 1.82) is 0 Å². The molecule has 5 N–H and O–H groups in total. The lowest BCUT2D eigenvalue weighted by molar-refractivity contribution is 0.160. The quantitative estimate of drug-likeness (QED) is 0.562. The molecule has 1 aliphatic carbocycles. The third-order valence-electron chi connectivity index (χ3n) is 6.68. The Balaban J connectivity index is 1.37. The van der Waals surface area contributed by atoms with E-state index in [0.717, 1.165) is 36.3 Å². The third kappa shape index (κ3) is 3.84. The maximum atomic E-state index is 10.7. The second kappa shape index (κ2) is 7.37. The highest BCUT2D eigenvalue weighted by atomic mass is 32.2. The Kier molecular flexibility index (Phi) is 4.96. The third-order valence-corrected chi connectivity index (χ3v) is 7.69. The molecule has 1 unspecified atom stereocenters. The summed E-state index contributed by atoms with van der Waals surface area (Å²) in [5.74, 6) is 1.06. The maximum absolute atomic E-state index is 10.7. The van der Waals surface area contributed by atoms with Gasteiger partial charge in [-0.1, -0.05) is 11.8 Å². The van der Waals surface area contributed by atoms with E-state index in [1.807, 2.05) is 24.3 Å². The average Bonchev–Trinajstić information content (AvgIpc) is 3.20. The van der Waals surface area contributed by atoms with Crippen LogP contribution < -0.4 is 21.3 Å². The number of fused-ring (bicyclic) bond motifs is 2. The molecular formula is C24H32N6OS. The molecule has 3 heterocycles. The number of phenolic OH excluding ortho intramolecular Hbond substituents is 1. The first-order valence-corrected chi connectivity index (χ1v) is 12.0. The molecule has 2 aromatic rings. The van der Waals surface area contributed by atoms with Crippen molar-refractivity contribution >= 4 is 23.3 Å². The lowest BCUT2D eigenvalue weighted by atomic mass is 9.79. The molecule has 7 nitrogen and oxygen atoms in total. The van der Waals surface area contributed by atoms with Crippen molar-refractivity contribution in [3.8, 4) is 17.0 Å². The van der Waals surface area contributed by atoms with E-state index in [1.54, 1.807) is 11.8 Å². The van der Waals surface area contributed by atoms with Gasteiger partial charge in [-0.3, -0.25) is 0 Å². The second-order valence-electron chi connectivity index (χ2n) is 10.5. The number of nitrogens with zero attached hydrogens (tertiary/aromatic N) is 3. The molecule has 5 rings (SSSR count). The molecule has 1 saturated heterocycles. The summed E-state index contributed by atoms with van der Waals surface area (Å²) in [6.07, 6.45) is 2.91. The zero-order valence-electron chi connectivity index (χ0n) is 19.4. The zero-order chi connectivity index (χ0) is 22.8. The SMILES string of the molecule is CN(c1ccc(-c2cc3c(cc2O)C2=C(C3)SC(N)N2)nn1)C1CC(C)(C)NC(C)(C)C1. The monoisotopic (exact) mass is 452 g/mol. The van der Waals surface area contributed by atoms with E-state index in [2.05, 4.69) is 60.5 Å². The van der Waals surface area contributed by atoms with Crippen molar-refractivity contribution in [3.63, 3.8) is 0 Å². The van der Waals surface area contributed by atoms with Crippen molar-refractivity contribution in [3.05, 3.63) is 40.3 Å². The number of anilines is 1. The van der Waals surface area contributed by atoms with E-state index in [-0.39, 0.29) is 22.3 Å². The fourth-order valence-electron chi connectivity index (χ4n) is 5.60. The Labute approximate surface area is 193 Å². The Morgan fingerprint density at radius 2 is 1.81 bits per heavy atom. The number of nitrogens with two attached hydrogens (primary N) is 1. The molecule has 3 aliphatic rings. The van der Waals surface area contributed by atoms with E-state index >= 15 is 0 Å². The molecule has 1 aromatic carbocycles. The molecular weight excluding hydrogens is 420 g/mol. The number of thioether (sulfide) groups is 1. The number of rotatable bonds is 3. The summed E-state index contributed by atoms with van der Waals surface area (Å²) in [6.45, 7) is 9.03. The van der Waals surface area contributed by atoms with Crippen LogP contribution in [-0.4, -0.2) is 45.0 Å². The van der Waals surface area contributed by atoms with Gasteiger partial charge in [0.15, 0.2) is 5.82 Å². The van der Waals surface area contributed by atoms with Gasteiger partial charge in [0.1, 0.15) is 11.2 Å². The van der Waals surface area contributed by atoms with Gasteiger partial charge < -0.3 is 26.4 Å². The van der Waals surface area contributed by atoms with Crippen LogP contribution in [0.4, 0.5) is 5.82 Å². The zero-order valence-corrected chi connectivity index (χ0v) is 20.2. The summed E-state index contributed by atoms with van der Waals surface area (Å²) < 4.78 is 0. The predicted molar refractivity (Wildman–Crippen MR) is 131 cm³/mol. The van der Waals surface area contributed by atoms with Crippen LogP contribution in [0.3, 0.4) is 0 Å². The molecule has 1 atom stereocenters. The van der Waals surface area contributed by atoms with Gasteiger partial charge in [-0.2, -0.15) is 0 Å². The summed E-state index contributed by atoms with van der Waals surface area (Å²) in [7, 11) is 2.10. The van der Waals surface area contributed by atoms with Crippen LogP contribution in [0, 0.1) is 0 Å². The normalized spacial score (nSPS) is 23.6. The van der Waals surface area contributed by atoms with Crippen LogP contribution >= 0.6 is 11.8 Å². The van der Waals surface area contributed by atoms with E-state index in [4.69, 9.17) is 5.73 Å². The molecule has 0 spiro atoms. The van der Waals surface area contributed by atoms with Crippen LogP contribution in [0.5, 0.6) is 5.75 Å². The van der Waals surface area contributed by atoms with Crippen LogP contribution in [0.15, 0.2) is 29.2 Å². The molecule has 0 bridgehead atoms. The number of benzene rings is 1. The van der Waals surface area contributed by atoms with Gasteiger partial charge in [-0.15, -0.1) is 10.2 Å². The average molecular weight is 453 g/mol. The van der Waals surface area contributed by atoms with E-state index in [0.29, 0.717) is 17.3 Å². The van der Waals surface area contributed by atoms with Crippen LogP contribution in [0.2, 0.25) is 0 Å². The van der Waals surface area contributed by atoms with Gasteiger partial charge in [0, 0.05) is 46.6 Å². The topological polar surface area (TPSA) is 99.3 Å².